The Morgan fingerprint density at radius 1 is 1.00 bits per heavy atom. The molecule has 136 valence electrons. The summed E-state index contributed by atoms with van der Waals surface area (Å²) in [5.41, 5.74) is 0.0692. The minimum absolute atomic E-state index is 0.0692. The minimum Gasteiger partial charge on any atom is -0.375 e. The first-order chi connectivity index (χ1) is 11.7. The lowest BCUT2D eigenvalue weighted by Gasteiger charge is -2.40. The summed E-state index contributed by atoms with van der Waals surface area (Å²) < 4.78 is 12.2. The van der Waals surface area contributed by atoms with E-state index in [1.54, 1.807) is 0 Å². The second-order valence-corrected chi connectivity index (χ2v) is 8.25. The first-order valence-electron chi connectivity index (χ1n) is 10.1. The third-order valence-electron chi connectivity index (χ3n) is 6.50. The number of nitrogens with one attached hydrogen (secondary N) is 1. The molecule has 5 nitrogen and oxygen atoms in total. The van der Waals surface area contributed by atoms with Crippen molar-refractivity contribution in [3.8, 4) is 0 Å². The van der Waals surface area contributed by atoms with Crippen molar-refractivity contribution in [1.29, 1.82) is 0 Å². The Kier molecular flexibility index (Phi) is 5.00. The van der Waals surface area contributed by atoms with E-state index in [1.165, 1.54) is 44.9 Å². The highest BCUT2D eigenvalue weighted by atomic mass is 16.5. The predicted molar refractivity (Wildman–Crippen MR) is 92.0 cm³/mol. The standard InChI is InChI=1S/C19H32N2O3/c22-18(20-15-8-13-23-19(14-15)9-1-2-10-19)21-11-6-17(7-12-21)24-16-4-3-5-16/h15-17H,1-14H2,(H,20,22). The van der Waals surface area contributed by atoms with Gasteiger partial charge < -0.3 is 19.7 Å². The van der Waals surface area contributed by atoms with Crippen molar-refractivity contribution in [2.45, 2.75) is 94.5 Å². The number of carbonyl (C=O) groups excluding carboxylic acids is 1. The Morgan fingerprint density at radius 2 is 1.71 bits per heavy atom. The maximum absolute atomic E-state index is 12.6. The smallest absolute Gasteiger partial charge is 0.317 e. The van der Waals surface area contributed by atoms with Gasteiger partial charge in [0.2, 0.25) is 0 Å². The largest absolute Gasteiger partial charge is 0.375 e. The van der Waals surface area contributed by atoms with Gasteiger partial charge in [0.25, 0.3) is 0 Å². The molecule has 0 aromatic rings. The minimum atomic E-state index is 0.0692. The second-order valence-electron chi connectivity index (χ2n) is 8.25. The lowest BCUT2D eigenvalue weighted by molar-refractivity contribution is -0.0831. The van der Waals surface area contributed by atoms with Crippen LogP contribution in [0.2, 0.25) is 0 Å². The molecule has 1 atom stereocenters. The molecule has 1 unspecified atom stereocenters. The fourth-order valence-corrected chi connectivity index (χ4v) is 4.76. The van der Waals surface area contributed by atoms with E-state index >= 15 is 0 Å². The Balaban J connectivity index is 1.21. The first kappa shape index (κ1) is 16.6. The fourth-order valence-electron chi connectivity index (χ4n) is 4.76. The second kappa shape index (κ2) is 7.20. The van der Waals surface area contributed by atoms with Gasteiger partial charge in [0.15, 0.2) is 0 Å². The third-order valence-corrected chi connectivity index (χ3v) is 6.50. The first-order valence-corrected chi connectivity index (χ1v) is 10.1. The highest BCUT2D eigenvalue weighted by molar-refractivity contribution is 5.74. The summed E-state index contributed by atoms with van der Waals surface area (Å²) in [5, 5.41) is 3.28. The highest BCUT2D eigenvalue weighted by Gasteiger charge is 2.40. The van der Waals surface area contributed by atoms with Gasteiger partial charge in [-0.05, 0) is 57.8 Å². The van der Waals surface area contributed by atoms with Gasteiger partial charge in [0, 0.05) is 25.7 Å². The average Bonchev–Trinajstić information content (AvgIpc) is 2.99. The van der Waals surface area contributed by atoms with Crippen LogP contribution < -0.4 is 5.32 Å². The van der Waals surface area contributed by atoms with E-state index < -0.39 is 0 Å². The van der Waals surface area contributed by atoms with Crippen molar-refractivity contribution in [3.63, 3.8) is 0 Å². The SMILES string of the molecule is O=C(NC1CCOC2(CCCC2)C1)N1CCC(OC2CCC2)CC1. The van der Waals surface area contributed by atoms with Gasteiger partial charge in [-0.1, -0.05) is 12.8 Å². The van der Waals surface area contributed by atoms with Crippen LogP contribution in [0, 0.1) is 0 Å². The number of piperidine rings is 1. The summed E-state index contributed by atoms with van der Waals surface area (Å²) in [5.74, 6) is 0. The van der Waals surface area contributed by atoms with Crippen LogP contribution in [0.3, 0.4) is 0 Å². The van der Waals surface area contributed by atoms with E-state index in [0.717, 1.165) is 45.4 Å². The monoisotopic (exact) mass is 336 g/mol. The number of carbonyl (C=O) groups is 1. The molecule has 0 aromatic heterocycles. The summed E-state index contributed by atoms with van der Waals surface area (Å²) >= 11 is 0. The maximum Gasteiger partial charge on any atom is 0.317 e. The van der Waals surface area contributed by atoms with Crippen LogP contribution in [0.25, 0.3) is 0 Å². The van der Waals surface area contributed by atoms with E-state index in [-0.39, 0.29) is 17.7 Å². The quantitative estimate of drug-likeness (QED) is 0.861. The molecule has 4 rings (SSSR count). The van der Waals surface area contributed by atoms with Crippen LogP contribution in [0.4, 0.5) is 4.79 Å². The van der Waals surface area contributed by atoms with Crippen molar-refractivity contribution >= 4 is 6.03 Å². The molecule has 5 heteroatoms. The Hall–Kier alpha value is -0.810. The predicted octanol–water partition coefficient (Wildman–Crippen LogP) is 3.22. The number of urea groups is 1. The van der Waals surface area contributed by atoms with Gasteiger partial charge in [-0.2, -0.15) is 0 Å². The molecule has 1 N–H and O–H groups in total. The highest BCUT2D eigenvalue weighted by Crippen LogP contribution is 2.40. The molecule has 0 aromatic carbocycles. The Morgan fingerprint density at radius 3 is 2.38 bits per heavy atom. The number of rotatable bonds is 3. The summed E-state index contributed by atoms with van der Waals surface area (Å²) in [6, 6.07) is 0.408. The maximum atomic E-state index is 12.6. The number of amides is 2. The molecule has 2 saturated heterocycles. The zero-order valence-corrected chi connectivity index (χ0v) is 14.8. The summed E-state index contributed by atoms with van der Waals surface area (Å²) in [4.78, 5) is 14.6. The van der Waals surface area contributed by atoms with E-state index in [4.69, 9.17) is 9.47 Å². The molecule has 0 radical (unpaired) electrons. The number of nitrogens with zero attached hydrogens (tertiary/aromatic N) is 1. The van der Waals surface area contributed by atoms with Crippen LogP contribution in [0.1, 0.15) is 70.6 Å². The van der Waals surface area contributed by atoms with Gasteiger partial charge in [0.05, 0.1) is 17.8 Å². The molecular formula is C19H32N2O3. The third kappa shape index (κ3) is 3.72. The van der Waals surface area contributed by atoms with E-state index in [0.29, 0.717) is 12.2 Å². The average molecular weight is 336 g/mol. The van der Waals surface area contributed by atoms with E-state index in [2.05, 4.69) is 5.32 Å². The molecule has 0 bridgehead atoms. The van der Waals surface area contributed by atoms with Gasteiger partial charge in [-0.3, -0.25) is 0 Å². The molecule has 4 aliphatic rings. The molecule has 2 aliphatic heterocycles. The summed E-state index contributed by atoms with van der Waals surface area (Å²) in [6.45, 7) is 2.46. The van der Waals surface area contributed by atoms with Crippen LogP contribution >= 0.6 is 0 Å². The van der Waals surface area contributed by atoms with Gasteiger partial charge >= 0.3 is 6.03 Å². The molecule has 1 spiro atoms. The summed E-state index contributed by atoms with van der Waals surface area (Å²) in [7, 11) is 0. The van der Waals surface area contributed by atoms with Gasteiger partial charge in [-0.15, -0.1) is 0 Å². The van der Waals surface area contributed by atoms with Crippen LogP contribution in [-0.2, 0) is 9.47 Å². The van der Waals surface area contributed by atoms with Crippen molar-refractivity contribution < 1.29 is 14.3 Å². The van der Waals surface area contributed by atoms with E-state index in [1.807, 2.05) is 4.90 Å². The normalized spacial score (nSPS) is 31.2. The van der Waals surface area contributed by atoms with Crippen LogP contribution in [0.5, 0.6) is 0 Å². The van der Waals surface area contributed by atoms with Crippen LogP contribution in [0.15, 0.2) is 0 Å². The lowest BCUT2D eigenvalue weighted by atomic mass is 9.89. The van der Waals surface area contributed by atoms with Crippen molar-refractivity contribution in [3.05, 3.63) is 0 Å². The molecule has 2 heterocycles. The number of likely N-dealkylation sites (tertiary alicyclic amines) is 1. The van der Waals surface area contributed by atoms with Gasteiger partial charge in [0.1, 0.15) is 0 Å². The molecule has 2 saturated carbocycles. The number of hydrogen-bond donors (Lipinski definition) is 1. The van der Waals surface area contributed by atoms with E-state index in [9.17, 15) is 4.79 Å². The number of hydrogen-bond acceptors (Lipinski definition) is 3. The molecule has 4 fully saturated rings. The molecular weight excluding hydrogens is 304 g/mol. The van der Waals surface area contributed by atoms with Crippen molar-refractivity contribution in [2.24, 2.45) is 0 Å². The zero-order chi connectivity index (χ0) is 16.4. The van der Waals surface area contributed by atoms with Gasteiger partial charge in [-0.25, -0.2) is 4.79 Å². The van der Waals surface area contributed by atoms with Crippen molar-refractivity contribution in [2.75, 3.05) is 19.7 Å². The fraction of sp³-hybridized carbons (Fsp3) is 0.947. The van der Waals surface area contributed by atoms with Crippen molar-refractivity contribution in [1.82, 2.24) is 10.2 Å². The molecule has 24 heavy (non-hydrogen) atoms. The molecule has 2 aliphatic carbocycles. The Bertz CT molecular complexity index is 438. The molecule has 2 amide bonds. The summed E-state index contributed by atoms with van der Waals surface area (Å²) in [6.07, 6.45) is 13.5. The van der Waals surface area contributed by atoms with Crippen LogP contribution in [-0.4, -0.2) is 54.5 Å². The lowest BCUT2D eigenvalue weighted by Crippen LogP contribution is -2.53. The Labute approximate surface area is 145 Å². The zero-order valence-electron chi connectivity index (χ0n) is 14.8. The topological polar surface area (TPSA) is 50.8 Å². The number of ether oxygens (including phenoxy) is 2.